The molecule has 5 nitrogen and oxygen atoms in total. The van der Waals surface area contributed by atoms with Gasteiger partial charge < -0.3 is 15.0 Å². The van der Waals surface area contributed by atoms with Crippen molar-refractivity contribution in [2.75, 3.05) is 26.2 Å². The first-order chi connectivity index (χ1) is 11.6. The van der Waals surface area contributed by atoms with Crippen LogP contribution >= 0.6 is 0 Å². The molecule has 1 N–H and O–H groups in total. The van der Waals surface area contributed by atoms with E-state index in [1.54, 1.807) is 4.90 Å². The number of nitrogens with zero attached hydrogens (tertiary/aromatic N) is 1. The van der Waals surface area contributed by atoms with Crippen molar-refractivity contribution < 1.29 is 14.3 Å². The van der Waals surface area contributed by atoms with Gasteiger partial charge in [-0.2, -0.15) is 0 Å². The summed E-state index contributed by atoms with van der Waals surface area (Å²) < 4.78 is 5.44. The second-order valence-electron chi connectivity index (χ2n) is 6.54. The maximum absolute atomic E-state index is 12.2. The van der Waals surface area contributed by atoms with Crippen molar-refractivity contribution in [2.24, 2.45) is 5.92 Å². The monoisotopic (exact) mass is 332 g/mol. The lowest BCUT2D eigenvalue weighted by Gasteiger charge is -2.16. The summed E-state index contributed by atoms with van der Waals surface area (Å²) >= 11 is 0. The van der Waals surface area contributed by atoms with Gasteiger partial charge in [-0.05, 0) is 32.3 Å². The Morgan fingerprint density at radius 2 is 2.08 bits per heavy atom. The molecule has 5 heteroatoms. The van der Waals surface area contributed by atoms with Crippen molar-refractivity contribution in [1.82, 2.24) is 10.2 Å². The maximum Gasteiger partial charge on any atom is 0.225 e. The Morgan fingerprint density at radius 1 is 1.33 bits per heavy atom. The van der Waals surface area contributed by atoms with Gasteiger partial charge in [0, 0.05) is 32.7 Å². The van der Waals surface area contributed by atoms with Gasteiger partial charge in [0.05, 0.1) is 12.0 Å². The standard InChI is InChI=1S/C19H28N2O3/c1-15(2)24-12-6-10-20-19(23)17-13-18(22)21(14-17)11-9-16-7-4-3-5-8-16/h3-5,7-8,15,17H,6,9-14H2,1-2H3,(H,20,23)/t17-/m0/s1. The van der Waals surface area contributed by atoms with Crippen LogP contribution in [0.3, 0.4) is 0 Å². The normalized spacial score (nSPS) is 17.5. The number of ether oxygens (including phenoxy) is 1. The quantitative estimate of drug-likeness (QED) is 0.704. The zero-order valence-corrected chi connectivity index (χ0v) is 14.7. The number of benzene rings is 1. The molecule has 0 aromatic heterocycles. The largest absolute Gasteiger partial charge is 0.379 e. The summed E-state index contributed by atoms with van der Waals surface area (Å²) in [6, 6.07) is 10.1. The van der Waals surface area contributed by atoms with E-state index in [2.05, 4.69) is 17.4 Å². The fraction of sp³-hybridized carbons (Fsp3) is 0.579. The van der Waals surface area contributed by atoms with Crippen molar-refractivity contribution in [1.29, 1.82) is 0 Å². The van der Waals surface area contributed by atoms with E-state index in [0.29, 0.717) is 32.7 Å². The summed E-state index contributed by atoms with van der Waals surface area (Å²) in [5.74, 6) is -0.163. The first kappa shape index (κ1) is 18.5. The molecule has 1 aromatic carbocycles. The van der Waals surface area contributed by atoms with Crippen LogP contribution in [0.2, 0.25) is 0 Å². The minimum atomic E-state index is -0.223. The summed E-state index contributed by atoms with van der Waals surface area (Å²) in [6.45, 7) is 6.43. The molecule has 1 saturated heterocycles. The summed E-state index contributed by atoms with van der Waals surface area (Å²) in [4.78, 5) is 26.1. The van der Waals surface area contributed by atoms with E-state index in [1.165, 1.54) is 5.56 Å². The third-order valence-electron chi connectivity index (χ3n) is 4.17. The summed E-state index contributed by atoms with van der Waals surface area (Å²) in [7, 11) is 0. The second-order valence-corrected chi connectivity index (χ2v) is 6.54. The van der Waals surface area contributed by atoms with Crippen molar-refractivity contribution in [3.63, 3.8) is 0 Å². The number of amides is 2. The van der Waals surface area contributed by atoms with Crippen LogP contribution < -0.4 is 5.32 Å². The number of nitrogens with one attached hydrogen (secondary N) is 1. The lowest BCUT2D eigenvalue weighted by Crippen LogP contribution is -2.34. The number of hydrogen-bond acceptors (Lipinski definition) is 3. The predicted molar refractivity (Wildman–Crippen MR) is 93.5 cm³/mol. The maximum atomic E-state index is 12.2. The van der Waals surface area contributed by atoms with Crippen molar-refractivity contribution in [3.05, 3.63) is 35.9 Å². The molecular weight excluding hydrogens is 304 g/mol. The van der Waals surface area contributed by atoms with Crippen LogP contribution in [0.5, 0.6) is 0 Å². The smallest absolute Gasteiger partial charge is 0.225 e. The predicted octanol–water partition coefficient (Wildman–Crippen LogP) is 2.01. The fourth-order valence-electron chi connectivity index (χ4n) is 2.82. The van der Waals surface area contributed by atoms with Gasteiger partial charge in [0.25, 0.3) is 0 Å². The highest BCUT2D eigenvalue weighted by atomic mass is 16.5. The van der Waals surface area contributed by atoms with Gasteiger partial charge in [-0.15, -0.1) is 0 Å². The van der Waals surface area contributed by atoms with E-state index in [9.17, 15) is 9.59 Å². The lowest BCUT2D eigenvalue weighted by atomic mass is 10.1. The molecule has 1 aromatic rings. The number of carbonyl (C=O) groups is 2. The third-order valence-corrected chi connectivity index (χ3v) is 4.17. The van der Waals surface area contributed by atoms with E-state index < -0.39 is 0 Å². The highest BCUT2D eigenvalue weighted by molar-refractivity contribution is 5.89. The molecule has 0 saturated carbocycles. The number of likely N-dealkylation sites (tertiary alicyclic amines) is 1. The molecule has 132 valence electrons. The van der Waals surface area contributed by atoms with Crippen LogP contribution in [0.1, 0.15) is 32.3 Å². The molecule has 2 amide bonds. The molecule has 0 bridgehead atoms. The first-order valence-electron chi connectivity index (χ1n) is 8.77. The molecule has 2 rings (SSSR count). The summed E-state index contributed by atoms with van der Waals surface area (Å²) in [6.07, 6.45) is 2.16. The van der Waals surface area contributed by atoms with Crippen LogP contribution in [0.25, 0.3) is 0 Å². The average molecular weight is 332 g/mol. The lowest BCUT2D eigenvalue weighted by molar-refractivity contribution is -0.129. The van der Waals surface area contributed by atoms with Crippen molar-refractivity contribution in [2.45, 2.75) is 39.2 Å². The van der Waals surface area contributed by atoms with Gasteiger partial charge in [0.2, 0.25) is 11.8 Å². The van der Waals surface area contributed by atoms with E-state index in [1.807, 2.05) is 32.0 Å². The van der Waals surface area contributed by atoms with Gasteiger partial charge in [-0.1, -0.05) is 30.3 Å². The SMILES string of the molecule is CC(C)OCCCNC(=O)[C@H]1CC(=O)N(CCc2ccccc2)C1. The van der Waals surface area contributed by atoms with Crippen LogP contribution in [0, 0.1) is 5.92 Å². The number of hydrogen-bond donors (Lipinski definition) is 1. The molecule has 0 radical (unpaired) electrons. The van der Waals surface area contributed by atoms with Crippen LogP contribution in [0.15, 0.2) is 30.3 Å². The van der Waals surface area contributed by atoms with Crippen molar-refractivity contribution >= 4 is 11.8 Å². The Hall–Kier alpha value is -1.88. The van der Waals surface area contributed by atoms with Gasteiger partial charge in [0.1, 0.15) is 0 Å². The second kappa shape index (κ2) is 9.42. The third kappa shape index (κ3) is 5.96. The Bertz CT molecular complexity index is 531. The van der Waals surface area contributed by atoms with E-state index in [-0.39, 0.29) is 23.8 Å². The van der Waals surface area contributed by atoms with Crippen LogP contribution in [0.4, 0.5) is 0 Å². The van der Waals surface area contributed by atoms with E-state index in [4.69, 9.17) is 4.74 Å². The molecule has 1 aliphatic rings. The Labute approximate surface area is 144 Å². The average Bonchev–Trinajstić information content (AvgIpc) is 2.94. The van der Waals surface area contributed by atoms with Crippen molar-refractivity contribution in [3.8, 4) is 0 Å². The summed E-state index contributed by atoms with van der Waals surface area (Å²) in [5.41, 5.74) is 1.21. The van der Waals surface area contributed by atoms with Gasteiger partial charge >= 0.3 is 0 Å². The van der Waals surface area contributed by atoms with Gasteiger partial charge in [0.15, 0.2) is 0 Å². The minimum absolute atomic E-state index is 0.0184. The van der Waals surface area contributed by atoms with Crippen LogP contribution in [-0.4, -0.2) is 49.1 Å². The number of rotatable bonds is 9. The van der Waals surface area contributed by atoms with Crippen LogP contribution in [-0.2, 0) is 20.7 Å². The van der Waals surface area contributed by atoms with E-state index >= 15 is 0 Å². The molecule has 1 atom stereocenters. The highest BCUT2D eigenvalue weighted by Crippen LogP contribution is 2.18. The molecule has 1 fully saturated rings. The zero-order chi connectivity index (χ0) is 17.4. The Morgan fingerprint density at radius 3 is 2.79 bits per heavy atom. The molecule has 24 heavy (non-hydrogen) atoms. The van der Waals surface area contributed by atoms with E-state index in [0.717, 1.165) is 12.8 Å². The topological polar surface area (TPSA) is 58.6 Å². The Kier molecular flexibility index (Phi) is 7.25. The molecule has 0 spiro atoms. The highest BCUT2D eigenvalue weighted by Gasteiger charge is 2.33. The molecule has 0 aliphatic carbocycles. The number of carbonyl (C=O) groups excluding carboxylic acids is 2. The summed E-state index contributed by atoms with van der Waals surface area (Å²) in [5, 5.41) is 2.92. The molecule has 1 heterocycles. The first-order valence-corrected chi connectivity index (χ1v) is 8.77. The fourth-order valence-corrected chi connectivity index (χ4v) is 2.82. The Balaban J connectivity index is 1.68. The molecule has 0 unspecified atom stereocenters. The van der Waals surface area contributed by atoms with Gasteiger partial charge in [-0.3, -0.25) is 9.59 Å². The molecular formula is C19H28N2O3. The minimum Gasteiger partial charge on any atom is -0.379 e. The zero-order valence-electron chi connectivity index (χ0n) is 14.7. The molecule has 1 aliphatic heterocycles. The van der Waals surface area contributed by atoms with Gasteiger partial charge in [-0.25, -0.2) is 0 Å².